The molecular weight excluding hydrogens is 392 g/mol. The monoisotopic (exact) mass is 424 g/mol. The van der Waals surface area contributed by atoms with Gasteiger partial charge >= 0.3 is 6.03 Å². The Hall–Kier alpha value is -2.20. The summed E-state index contributed by atoms with van der Waals surface area (Å²) in [5.74, 6) is -0.893. The number of rotatable bonds is 7. The van der Waals surface area contributed by atoms with Gasteiger partial charge in [0.15, 0.2) is 0 Å². The molecule has 2 atom stereocenters. The number of imide groups is 1. The van der Waals surface area contributed by atoms with Crippen LogP contribution in [0.5, 0.6) is 0 Å². The van der Waals surface area contributed by atoms with Crippen molar-refractivity contribution in [1.29, 1.82) is 0 Å². The van der Waals surface area contributed by atoms with Crippen molar-refractivity contribution in [3.63, 3.8) is 0 Å². The zero-order chi connectivity index (χ0) is 21.5. The average Bonchev–Trinajstić information content (AvgIpc) is 3.45. The van der Waals surface area contributed by atoms with E-state index in [0.29, 0.717) is 69.5 Å². The molecule has 0 aromatic rings. The highest BCUT2D eigenvalue weighted by molar-refractivity contribution is 5.99. The molecule has 2 heterocycles. The molecule has 1 saturated carbocycles. The number of amides is 5. The van der Waals surface area contributed by atoms with Crippen molar-refractivity contribution in [2.45, 2.75) is 51.0 Å². The second-order valence-electron chi connectivity index (χ2n) is 8.39. The van der Waals surface area contributed by atoms with Crippen LogP contribution in [-0.2, 0) is 19.1 Å². The quantitative estimate of drug-likeness (QED) is 0.351. The highest BCUT2D eigenvalue weighted by Crippen LogP contribution is 2.32. The molecule has 2 aliphatic heterocycles. The molecule has 3 fully saturated rings. The highest BCUT2D eigenvalue weighted by atomic mass is 16.5. The normalized spacial score (nSPS) is 23.3. The number of hydrogen-bond donors (Lipinski definition) is 2. The third-order valence-electron chi connectivity index (χ3n) is 6.34. The lowest BCUT2D eigenvalue weighted by molar-refractivity contribution is -0.158. The van der Waals surface area contributed by atoms with E-state index in [4.69, 9.17) is 4.74 Å². The van der Waals surface area contributed by atoms with Gasteiger partial charge in [0.2, 0.25) is 12.3 Å². The van der Waals surface area contributed by atoms with Crippen LogP contribution in [0.1, 0.15) is 44.9 Å². The number of carbonyl (C=O) groups excluding carboxylic acids is 4. The molecule has 2 N–H and O–H groups in total. The van der Waals surface area contributed by atoms with Gasteiger partial charge in [-0.15, -0.1) is 0 Å². The van der Waals surface area contributed by atoms with Crippen LogP contribution in [0.15, 0.2) is 0 Å². The second-order valence-corrected chi connectivity index (χ2v) is 8.39. The summed E-state index contributed by atoms with van der Waals surface area (Å²) in [6.07, 6.45) is 6.36. The molecular formula is C20H32N4O6. The summed E-state index contributed by atoms with van der Waals surface area (Å²) in [5, 5.41) is 12.6. The van der Waals surface area contributed by atoms with Crippen LogP contribution in [0.3, 0.4) is 0 Å². The summed E-state index contributed by atoms with van der Waals surface area (Å²) in [7, 11) is 0. The maximum atomic E-state index is 13.3. The summed E-state index contributed by atoms with van der Waals surface area (Å²) in [6.45, 7) is 2.06. The van der Waals surface area contributed by atoms with Crippen molar-refractivity contribution >= 4 is 24.3 Å². The molecule has 0 bridgehead atoms. The second kappa shape index (κ2) is 10.7. The molecule has 3 aliphatic rings. The molecule has 1 unspecified atom stereocenters. The van der Waals surface area contributed by atoms with Crippen LogP contribution in [-0.4, -0.2) is 89.8 Å². The van der Waals surface area contributed by atoms with Gasteiger partial charge < -0.3 is 14.5 Å². The summed E-state index contributed by atoms with van der Waals surface area (Å²) >= 11 is 0. The van der Waals surface area contributed by atoms with Crippen LogP contribution in [0, 0.1) is 11.8 Å². The van der Waals surface area contributed by atoms with Gasteiger partial charge in [0, 0.05) is 19.6 Å². The summed E-state index contributed by atoms with van der Waals surface area (Å²) in [4.78, 5) is 52.3. The smallest absolute Gasteiger partial charge is 0.324 e. The number of carbonyl (C=O) groups is 4. The van der Waals surface area contributed by atoms with Crippen molar-refractivity contribution in [2.75, 3.05) is 39.4 Å². The molecule has 30 heavy (non-hydrogen) atoms. The Morgan fingerprint density at radius 1 is 1.10 bits per heavy atom. The van der Waals surface area contributed by atoms with Crippen molar-refractivity contribution in [1.82, 2.24) is 20.2 Å². The maximum absolute atomic E-state index is 13.3. The molecule has 5 amide bonds. The van der Waals surface area contributed by atoms with E-state index in [0.717, 1.165) is 25.7 Å². The minimum Gasteiger partial charge on any atom is -0.378 e. The molecule has 10 heteroatoms. The van der Waals surface area contributed by atoms with Gasteiger partial charge in [-0.1, -0.05) is 25.7 Å². The minimum absolute atomic E-state index is 0.0869. The van der Waals surface area contributed by atoms with Crippen molar-refractivity contribution < 1.29 is 29.1 Å². The first-order valence-corrected chi connectivity index (χ1v) is 10.9. The molecule has 1 aliphatic carbocycles. The third-order valence-corrected chi connectivity index (χ3v) is 6.34. The van der Waals surface area contributed by atoms with Crippen LogP contribution < -0.4 is 5.32 Å². The molecule has 2 saturated heterocycles. The fourth-order valence-electron chi connectivity index (χ4n) is 4.74. The Labute approximate surface area is 176 Å². The Balaban J connectivity index is 1.63. The van der Waals surface area contributed by atoms with Gasteiger partial charge in [-0.25, -0.2) is 9.86 Å². The molecule has 0 aromatic carbocycles. The van der Waals surface area contributed by atoms with Gasteiger partial charge in [-0.2, -0.15) is 0 Å². The van der Waals surface area contributed by atoms with Crippen LogP contribution in [0.4, 0.5) is 4.79 Å². The first-order chi connectivity index (χ1) is 14.5. The van der Waals surface area contributed by atoms with Crippen molar-refractivity contribution in [2.24, 2.45) is 11.8 Å². The van der Waals surface area contributed by atoms with Gasteiger partial charge in [0.05, 0.1) is 25.7 Å². The maximum Gasteiger partial charge on any atom is 0.324 e. The van der Waals surface area contributed by atoms with Crippen molar-refractivity contribution in [3.8, 4) is 0 Å². The van der Waals surface area contributed by atoms with E-state index in [-0.39, 0.29) is 12.5 Å². The molecule has 168 valence electrons. The molecule has 0 aromatic heterocycles. The predicted octanol–water partition coefficient (Wildman–Crippen LogP) is 0.590. The largest absolute Gasteiger partial charge is 0.378 e. The number of ether oxygens (including phenoxy) is 1. The number of urea groups is 1. The van der Waals surface area contributed by atoms with Gasteiger partial charge in [0.1, 0.15) is 6.04 Å². The summed E-state index contributed by atoms with van der Waals surface area (Å²) in [6, 6.07) is -1.18. The lowest BCUT2D eigenvalue weighted by Crippen LogP contribution is -2.54. The van der Waals surface area contributed by atoms with E-state index in [1.54, 1.807) is 0 Å². The van der Waals surface area contributed by atoms with Crippen molar-refractivity contribution in [3.05, 3.63) is 0 Å². The number of morpholine rings is 1. The van der Waals surface area contributed by atoms with Crippen LogP contribution >= 0.6 is 0 Å². The number of nitrogens with one attached hydrogen (secondary N) is 1. The van der Waals surface area contributed by atoms with Crippen LogP contribution in [0.25, 0.3) is 0 Å². The SMILES string of the molecule is O=CN(O)CC(CC1CCCC1)C(=O)N1CCC[C@H]1C(=O)NC(=O)N1CCOCC1. The van der Waals surface area contributed by atoms with Crippen LogP contribution in [0.2, 0.25) is 0 Å². The minimum atomic E-state index is -0.711. The van der Waals surface area contributed by atoms with Gasteiger partial charge in [-0.05, 0) is 25.2 Å². The van der Waals surface area contributed by atoms with E-state index >= 15 is 0 Å². The number of hydroxylamine groups is 2. The number of hydrogen-bond acceptors (Lipinski definition) is 6. The number of likely N-dealkylation sites (tertiary alicyclic amines) is 1. The fraction of sp³-hybridized carbons (Fsp3) is 0.800. The Morgan fingerprint density at radius 2 is 1.80 bits per heavy atom. The predicted molar refractivity (Wildman–Crippen MR) is 105 cm³/mol. The zero-order valence-electron chi connectivity index (χ0n) is 17.3. The highest BCUT2D eigenvalue weighted by Gasteiger charge is 2.39. The lowest BCUT2D eigenvalue weighted by Gasteiger charge is -2.31. The molecule has 10 nitrogen and oxygen atoms in total. The first-order valence-electron chi connectivity index (χ1n) is 10.9. The van der Waals surface area contributed by atoms with E-state index < -0.39 is 23.9 Å². The van der Waals surface area contributed by atoms with Gasteiger partial charge in [-0.3, -0.25) is 24.9 Å². The first kappa shape index (κ1) is 22.5. The summed E-state index contributed by atoms with van der Waals surface area (Å²) in [5.41, 5.74) is 0. The molecule has 0 spiro atoms. The van der Waals surface area contributed by atoms with E-state index in [2.05, 4.69) is 5.32 Å². The molecule has 3 rings (SSSR count). The van der Waals surface area contributed by atoms with Gasteiger partial charge in [0.25, 0.3) is 5.91 Å². The molecule has 0 radical (unpaired) electrons. The standard InChI is InChI=1S/C20H32N4O6/c25-14-23(29)13-16(12-15-4-1-2-5-15)19(27)24-7-3-6-17(24)18(26)21-20(28)22-8-10-30-11-9-22/h14-17,29H,1-13H2,(H,21,26,28)/t16?,17-/m0/s1. The third kappa shape index (κ3) is 5.69. The Morgan fingerprint density at radius 3 is 2.47 bits per heavy atom. The van der Waals surface area contributed by atoms with E-state index in [1.807, 2.05) is 0 Å². The summed E-state index contributed by atoms with van der Waals surface area (Å²) < 4.78 is 5.22. The fourth-order valence-corrected chi connectivity index (χ4v) is 4.74. The van der Waals surface area contributed by atoms with E-state index in [1.165, 1.54) is 9.80 Å². The Bertz CT molecular complexity index is 633. The van der Waals surface area contributed by atoms with E-state index in [9.17, 15) is 24.4 Å². The Kier molecular flexibility index (Phi) is 8.03. The zero-order valence-corrected chi connectivity index (χ0v) is 17.3. The topological polar surface area (TPSA) is 119 Å². The lowest BCUT2D eigenvalue weighted by atomic mass is 9.91. The average molecular weight is 424 g/mol. The number of nitrogens with zero attached hydrogens (tertiary/aromatic N) is 3.